The minimum Gasteiger partial charge on any atom is -0.310 e. The van der Waals surface area contributed by atoms with E-state index in [-0.39, 0.29) is 0 Å². The average molecular weight is 839 g/mol. The van der Waals surface area contributed by atoms with Crippen LogP contribution in [0.5, 0.6) is 0 Å². The predicted octanol–water partition coefficient (Wildman–Crippen LogP) is 17.9. The van der Waals surface area contributed by atoms with Crippen molar-refractivity contribution in [1.29, 1.82) is 0 Å². The summed E-state index contributed by atoms with van der Waals surface area (Å²) in [6.07, 6.45) is 0. The van der Waals surface area contributed by atoms with E-state index >= 15 is 0 Å². The van der Waals surface area contributed by atoms with Crippen LogP contribution in [0.25, 0.3) is 104 Å². The van der Waals surface area contributed by atoms with Gasteiger partial charge in [0.15, 0.2) is 0 Å². The first kappa shape index (κ1) is 37.8. The second-order valence-electron chi connectivity index (χ2n) is 17.3. The number of nitrogens with zero attached hydrogens (tertiary/aromatic N) is 2. The van der Waals surface area contributed by atoms with Crippen molar-refractivity contribution in [3.05, 3.63) is 255 Å². The molecular weight excluding hydrogens is 797 g/mol. The summed E-state index contributed by atoms with van der Waals surface area (Å²) in [6, 6.07) is 93.4. The van der Waals surface area contributed by atoms with Crippen LogP contribution >= 0.6 is 0 Å². The number of hydrogen-bond acceptors (Lipinski definition) is 1. The van der Waals surface area contributed by atoms with Gasteiger partial charge in [-0.05, 0) is 126 Å². The highest BCUT2D eigenvalue weighted by molar-refractivity contribution is 6.27. The Morgan fingerprint density at radius 3 is 1.41 bits per heavy atom. The Kier molecular flexibility index (Phi) is 8.89. The molecule has 0 aliphatic rings. The average Bonchev–Trinajstić information content (AvgIpc) is 3.75. The lowest BCUT2D eigenvalue weighted by atomic mass is 9.92. The number of rotatable bonds is 7. The van der Waals surface area contributed by atoms with Crippen LogP contribution in [0.3, 0.4) is 0 Å². The molecule has 0 aliphatic carbocycles. The molecule has 0 saturated heterocycles. The Balaban J connectivity index is 1.10. The molecule has 66 heavy (non-hydrogen) atoms. The fourth-order valence-corrected chi connectivity index (χ4v) is 10.5. The zero-order valence-electron chi connectivity index (χ0n) is 36.1. The van der Waals surface area contributed by atoms with Crippen molar-refractivity contribution >= 4 is 82.0 Å². The molecule has 0 N–H and O–H groups in total. The Bertz CT molecular complexity index is 3930. The third-order valence-corrected chi connectivity index (χ3v) is 13.5. The first-order valence-corrected chi connectivity index (χ1v) is 22.8. The van der Waals surface area contributed by atoms with E-state index in [2.05, 4.69) is 264 Å². The van der Waals surface area contributed by atoms with Gasteiger partial charge in [0, 0.05) is 33.2 Å². The van der Waals surface area contributed by atoms with Gasteiger partial charge in [0.1, 0.15) is 0 Å². The minimum absolute atomic E-state index is 1.09. The standard InChI is InChI=1S/C64H42N2/c1-4-17-43(18-5-1)45-31-35-51(36-32-45)65(52-25-16-22-46(39-52)44-19-6-2-7-20-44)62-42-49-21-10-11-26-53(49)64-63(62)59-38-34-48(41-61(59)66(64)50-23-8-3-9-24-50)47-33-37-58-56-29-13-12-27-54(56)55-28-14-15-30-57(55)60(58)40-47/h1-42H. The van der Waals surface area contributed by atoms with Crippen molar-refractivity contribution in [3.63, 3.8) is 0 Å². The summed E-state index contributed by atoms with van der Waals surface area (Å²) in [5.74, 6) is 0. The normalized spacial score (nSPS) is 11.6. The van der Waals surface area contributed by atoms with Crippen molar-refractivity contribution in [3.8, 4) is 39.1 Å². The van der Waals surface area contributed by atoms with Crippen LogP contribution in [0.1, 0.15) is 0 Å². The first-order valence-electron chi connectivity index (χ1n) is 22.8. The lowest BCUT2D eigenvalue weighted by Crippen LogP contribution is -2.11. The number of aromatic nitrogens is 1. The van der Waals surface area contributed by atoms with Gasteiger partial charge < -0.3 is 9.47 Å². The van der Waals surface area contributed by atoms with Crippen LogP contribution in [0.2, 0.25) is 0 Å². The number of para-hydroxylation sites is 1. The number of fused-ring (bicyclic) bond motifs is 11. The molecule has 2 nitrogen and oxygen atoms in total. The topological polar surface area (TPSA) is 8.17 Å². The molecule has 0 saturated carbocycles. The third kappa shape index (κ3) is 6.18. The molecule has 0 spiro atoms. The van der Waals surface area contributed by atoms with E-state index in [9.17, 15) is 0 Å². The fourth-order valence-electron chi connectivity index (χ4n) is 10.5. The number of benzene rings is 12. The van der Waals surface area contributed by atoms with Gasteiger partial charge in [-0.3, -0.25) is 0 Å². The van der Waals surface area contributed by atoms with Crippen molar-refractivity contribution < 1.29 is 0 Å². The van der Waals surface area contributed by atoms with Gasteiger partial charge in [0.05, 0.1) is 16.7 Å². The summed E-state index contributed by atoms with van der Waals surface area (Å²) in [5, 5.41) is 12.5. The van der Waals surface area contributed by atoms with E-state index in [0.29, 0.717) is 0 Å². The van der Waals surface area contributed by atoms with E-state index in [1.54, 1.807) is 0 Å². The molecule has 308 valence electrons. The SMILES string of the molecule is c1ccc(-c2ccc(N(c3cccc(-c4ccccc4)c3)c3cc4ccccc4c4c3c3ccc(-c5ccc6c7ccccc7c7ccccc7c6c5)cc3n4-c3ccccc3)cc2)cc1. The molecule has 1 aromatic heterocycles. The Morgan fingerprint density at radius 2 is 0.742 bits per heavy atom. The van der Waals surface area contributed by atoms with E-state index < -0.39 is 0 Å². The van der Waals surface area contributed by atoms with Gasteiger partial charge in [-0.15, -0.1) is 0 Å². The predicted molar refractivity (Wildman–Crippen MR) is 282 cm³/mol. The summed E-state index contributed by atoms with van der Waals surface area (Å²) in [4.78, 5) is 2.47. The second-order valence-corrected chi connectivity index (χ2v) is 17.3. The van der Waals surface area contributed by atoms with Crippen molar-refractivity contribution in [2.24, 2.45) is 0 Å². The van der Waals surface area contributed by atoms with Gasteiger partial charge in [-0.1, -0.05) is 200 Å². The third-order valence-electron chi connectivity index (χ3n) is 13.5. The number of hydrogen-bond donors (Lipinski definition) is 0. The van der Waals surface area contributed by atoms with Gasteiger partial charge in [0.2, 0.25) is 0 Å². The lowest BCUT2D eigenvalue weighted by molar-refractivity contribution is 1.19. The largest absolute Gasteiger partial charge is 0.310 e. The molecule has 0 bridgehead atoms. The molecule has 1 heterocycles. The van der Waals surface area contributed by atoms with Crippen LogP contribution in [0.4, 0.5) is 17.1 Å². The molecule has 13 rings (SSSR count). The van der Waals surface area contributed by atoms with E-state index in [1.165, 1.54) is 92.8 Å². The van der Waals surface area contributed by atoms with Crippen molar-refractivity contribution in [2.75, 3.05) is 4.90 Å². The van der Waals surface area contributed by atoms with E-state index in [0.717, 1.165) is 28.3 Å². The van der Waals surface area contributed by atoms with Gasteiger partial charge >= 0.3 is 0 Å². The summed E-state index contributed by atoms with van der Waals surface area (Å²) >= 11 is 0. The molecule has 0 unspecified atom stereocenters. The summed E-state index contributed by atoms with van der Waals surface area (Å²) in [7, 11) is 0. The van der Waals surface area contributed by atoms with Crippen LogP contribution in [-0.2, 0) is 0 Å². The molecule has 0 aliphatic heterocycles. The van der Waals surface area contributed by atoms with Crippen LogP contribution in [0, 0.1) is 0 Å². The van der Waals surface area contributed by atoms with E-state index in [4.69, 9.17) is 0 Å². The highest BCUT2D eigenvalue weighted by Crippen LogP contribution is 2.48. The monoisotopic (exact) mass is 838 g/mol. The molecule has 0 atom stereocenters. The smallest absolute Gasteiger partial charge is 0.0640 e. The molecular formula is C64H42N2. The van der Waals surface area contributed by atoms with Gasteiger partial charge in [-0.2, -0.15) is 0 Å². The van der Waals surface area contributed by atoms with Gasteiger partial charge in [-0.25, -0.2) is 0 Å². The Labute approximate surface area is 383 Å². The quantitative estimate of drug-likeness (QED) is 0.145. The minimum atomic E-state index is 1.09. The molecule has 12 aromatic carbocycles. The highest BCUT2D eigenvalue weighted by atomic mass is 15.1. The van der Waals surface area contributed by atoms with Crippen LogP contribution in [0.15, 0.2) is 255 Å². The first-order chi connectivity index (χ1) is 32.7. The Morgan fingerprint density at radius 1 is 0.273 bits per heavy atom. The maximum Gasteiger partial charge on any atom is 0.0640 e. The summed E-state index contributed by atoms with van der Waals surface area (Å²) in [6.45, 7) is 0. The Hall–Kier alpha value is -8.72. The van der Waals surface area contributed by atoms with Gasteiger partial charge in [0.25, 0.3) is 0 Å². The van der Waals surface area contributed by atoms with Crippen molar-refractivity contribution in [1.82, 2.24) is 4.57 Å². The molecule has 0 amide bonds. The van der Waals surface area contributed by atoms with Crippen LogP contribution < -0.4 is 4.90 Å². The summed E-state index contributed by atoms with van der Waals surface area (Å²) < 4.78 is 2.50. The fraction of sp³-hybridized carbons (Fsp3) is 0. The maximum absolute atomic E-state index is 2.50. The zero-order chi connectivity index (χ0) is 43.6. The molecule has 0 radical (unpaired) electrons. The van der Waals surface area contributed by atoms with E-state index in [1.807, 2.05) is 0 Å². The highest BCUT2D eigenvalue weighted by Gasteiger charge is 2.24. The lowest BCUT2D eigenvalue weighted by Gasteiger charge is -2.28. The molecule has 2 heteroatoms. The second kappa shape index (κ2) is 15.5. The van der Waals surface area contributed by atoms with Crippen molar-refractivity contribution in [2.45, 2.75) is 0 Å². The number of anilines is 3. The van der Waals surface area contributed by atoms with Crippen LogP contribution in [-0.4, -0.2) is 4.57 Å². The molecule has 13 aromatic rings. The summed E-state index contributed by atoms with van der Waals surface area (Å²) in [5.41, 5.74) is 13.9. The maximum atomic E-state index is 2.50. The molecule has 0 fully saturated rings. The zero-order valence-corrected chi connectivity index (χ0v) is 36.1.